The topological polar surface area (TPSA) is 17.0 Å². The number of hydrogen-bond acceptors (Lipinski definition) is 1. The number of aromatic nitrogens is 1. The van der Waals surface area contributed by atoms with Crippen LogP contribution >= 0.6 is 0 Å². The number of aryl methyl sites for hydroxylation is 1. The van der Waals surface area contributed by atoms with Crippen molar-refractivity contribution in [1.82, 2.24) is 4.57 Å². The lowest BCUT2D eigenvalue weighted by molar-refractivity contribution is 0.723. The summed E-state index contributed by atoms with van der Waals surface area (Å²) >= 11 is 0. The minimum atomic E-state index is 0.645. The van der Waals surface area contributed by atoms with Crippen LogP contribution in [-0.4, -0.2) is 4.57 Å². The van der Waals surface area contributed by atoms with Crippen LogP contribution in [-0.2, 0) is 13.1 Å². The summed E-state index contributed by atoms with van der Waals surface area (Å²) in [6.07, 6.45) is 3.32. The van der Waals surface area contributed by atoms with Gasteiger partial charge in [-0.3, -0.25) is 0 Å². The molecule has 102 valence electrons. The molecule has 0 aliphatic carbocycles. The van der Waals surface area contributed by atoms with Crippen LogP contribution in [0.25, 0.3) is 0 Å². The van der Waals surface area contributed by atoms with Crippen molar-refractivity contribution in [3.8, 4) is 0 Å². The average molecular weight is 256 g/mol. The molecule has 1 unspecified atom stereocenters. The van der Waals surface area contributed by atoms with Crippen molar-refractivity contribution in [2.24, 2.45) is 0 Å². The molecule has 0 aliphatic rings. The van der Waals surface area contributed by atoms with E-state index in [4.69, 9.17) is 0 Å². The molecular formula is C17H24N2. The maximum absolute atomic E-state index is 3.49. The Labute approximate surface area is 116 Å². The fraction of sp³-hybridized carbons (Fsp3) is 0.412. The summed E-state index contributed by atoms with van der Waals surface area (Å²) in [4.78, 5) is 0. The first-order chi connectivity index (χ1) is 9.24. The molecule has 0 fully saturated rings. The van der Waals surface area contributed by atoms with Crippen molar-refractivity contribution in [2.45, 2.75) is 46.2 Å². The molecular weight excluding hydrogens is 232 g/mol. The first kappa shape index (κ1) is 13.7. The van der Waals surface area contributed by atoms with E-state index in [0.717, 1.165) is 13.1 Å². The lowest BCUT2D eigenvalue weighted by atomic mass is 9.99. The van der Waals surface area contributed by atoms with Crippen molar-refractivity contribution in [2.75, 3.05) is 5.32 Å². The molecule has 1 N–H and O–H groups in total. The molecule has 0 saturated heterocycles. The minimum absolute atomic E-state index is 0.645. The Hall–Kier alpha value is -1.70. The van der Waals surface area contributed by atoms with Gasteiger partial charge in [-0.2, -0.15) is 0 Å². The van der Waals surface area contributed by atoms with E-state index in [0.29, 0.717) is 5.92 Å². The van der Waals surface area contributed by atoms with E-state index in [9.17, 15) is 0 Å². The average Bonchev–Trinajstić information content (AvgIpc) is 2.92. The molecule has 1 aromatic heterocycles. The Balaban J connectivity index is 1.96. The number of benzene rings is 1. The van der Waals surface area contributed by atoms with E-state index in [2.05, 4.69) is 73.3 Å². The minimum Gasteiger partial charge on any atom is -0.379 e. The van der Waals surface area contributed by atoms with Gasteiger partial charge in [0.05, 0.1) is 6.54 Å². The predicted molar refractivity (Wildman–Crippen MR) is 82.6 cm³/mol. The first-order valence-electron chi connectivity index (χ1n) is 7.22. The lowest BCUT2D eigenvalue weighted by Crippen LogP contribution is -2.06. The Kier molecular flexibility index (Phi) is 4.67. The largest absolute Gasteiger partial charge is 0.379 e. The molecule has 0 amide bonds. The summed E-state index contributed by atoms with van der Waals surface area (Å²) in [6, 6.07) is 13.1. The molecule has 2 aromatic rings. The summed E-state index contributed by atoms with van der Waals surface area (Å²) in [7, 11) is 0. The quantitative estimate of drug-likeness (QED) is 0.797. The van der Waals surface area contributed by atoms with Gasteiger partial charge in [0.15, 0.2) is 0 Å². The summed E-state index contributed by atoms with van der Waals surface area (Å²) in [5.41, 5.74) is 3.94. The normalized spacial score (nSPS) is 12.4. The Morgan fingerprint density at radius 2 is 1.84 bits per heavy atom. The number of nitrogens with one attached hydrogen (secondary N) is 1. The zero-order valence-electron chi connectivity index (χ0n) is 12.2. The molecule has 2 rings (SSSR count). The second-order valence-corrected chi connectivity index (χ2v) is 5.07. The van der Waals surface area contributed by atoms with E-state index < -0.39 is 0 Å². The molecule has 1 heterocycles. The fourth-order valence-electron chi connectivity index (χ4n) is 2.28. The van der Waals surface area contributed by atoms with Crippen molar-refractivity contribution in [3.05, 3.63) is 53.9 Å². The highest BCUT2D eigenvalue weighted by Gasteiger charge is 2.03. The highest BCUT2D eigenvalue weighted by atomic mass is 15.0. The van der Waals surface area contributed by atoms with Crippen LogP contribution in [0.1, 0.15) is 44.4 Å². The summed E-state index contributed by atoms with van der Waals surface area (Å²) < 4.78 is 2.26. The number of rotatable bonds is 6. The zero-order valence-corrected chi connectivity index (χ0v) is 12.2. The molecule has 0 aliphatic heterocycles. The van der Waals surface area contributed by atoms with E-state index in [-0.39, 0.29) is 0 Å². The van der Waals surface area contributed by atoms with Crippen molar-refractivity contribution < 1.29 is 0 Å². The fourth-order valence-corrected chi connectivity index (χ4v) is 2.28. The third kappa shape index (κ3) is 3.40. The third-order valence-corrected chi connectivity index (χ3v) is 3.83. The predicted octanol–water partition coefficient (Wildman–Crippen LogP) is 4.63. The second-order valence-electron chi connectivity index (χ2n) is 5.07. The number of nitrogens with zero attached hydrogens (tertiary/aromatic N) is 1. The SMILES string of the molecule is CCC(C)c1ccc(NCc2cccn2CC)cc1. The standard InChI is InChI=1S/C17H24N2/c1-4-14(3)15-8-10-16(11-9-15)18-13-17-7-6-12-19(17)5-2/h6-12,14,18H,4-5,13H2,1-3H3. The zero-order chi connectivity index (χ0) is 13.7. The van der Waals surface area contributed by atoms with Gasteiger partial charge >= 0.3 is 0 Å². The Morgan fingerprint density at radius 3 is 2.47 bits per heavy atom. The van der Waals surface area contributed by atoms with Gasteiger partial charge in [-0.1, -0.05) is 26.0 Å². The third-order valence-electron chi connectivity index (χ3n) is 3.83. The maximum atomic E-state index is 3.49. The van der Waals surface area contributed by atoms with Gasteiger partial charge in [0, 0.05) is 24.1 Å². The van der Waals surface area contributed by atoms with Crippen LogP contribution in [0, 0.1) is 0 Å². The summed E-state index contributed by atoms with van der Waals surface area (Å²) in [5.74, 6) is 0.645. The number of hydrogen-bond donors (Lipinski definition) is 1. The molecule has 2 heteroatoms. The van der Waals surface area contributed by atoms with E-state index in [1.807, 2.05) is 0 Å². The van der Waals surface area contributed by atoms with Crippen molar-refractivity contribution >= 4 is 5.69 Å². The molecule has 1 aromatic carbocycles. The van der Waals surface area contributed by atoms with Gasteiger partial charge in [-0.25, -0.2) is 0 Å². The molecule has 0 saturated carbocycles. The van der Waals surface area contributed by atoms with Crippen LogP contribution < -0.4 is 5.32 Å². The molecule has 19 heavy (non-hydrogen) atoms. The molecule has 0 bridgehead atoms. The summed E-state index contributed by atoms with van der Waals surface area (Å²) in [5, 5.41) is 3.49. The van der Waals surface area contributed by atoms with Gasteiger partial charge in [0.2, 0.25) is 0 Å². The smallest absolute Gasteiger partial charge is 0.0553 e. The van der Waals surface area contributed by atoms with Gasteiger partial charge in [-0.05, 0) is 49.1 Å². The van der Waals surface area contributed by atoms with E-state index in [1.54, 1.807) is 0 Å². The highest BCUT2D eigenvalue weighted by Crippen LogP contribution is 2.20. The monoisotopic (exact) mass is 256 g/mol. The van der Waals surface area contributed by atoms with Crippen LogP contribution in [0.15, 0.2) is 42.6 Å². The second kappa shape index (κ2) is 6.46. The maximum Gasteiger partial charge on any atom is 0.0553 e. The highest BCUT2D eigenvalue weighted by molar-refractivity contribution is 5.45. The van der Waals surface area contributed by atoms with E-state index in [1.165, 1.54) is 23.4 Å². The van der Waals surface area contributed by atoms with Crippen molar-refractivity contribution in [3.63, 3.8) is 0 Å². The summed E-state index contributed by atoms with van der Waals surface area (Å²) in [6.45, 7) is 8.58. The number of anilines is 1. The van der Waals surface area contributed by atoms with Crippen LogP contribution in [0.3, 0.4) is 0 Å². The molecule has 0 radical (unpaired) electrons. The van der Waals surface area contributed by atoms with Gasteiger partial charge in [-0.15, -0.1) is 0 Å². The van der Waals surface area contributed by atoms with E-state index >= 15 is 0 Å². The van der Waals surface area contributed by atoms with Gasteiger partial charge in [0.1, 0.15) is 0 Å². The molecule has 1 atom stereocenters. The van der Waals surface area contributed by atoms with Gasteiger partial charge in [0.25, 0.3) is 0 Å². The Morgan fingerprint density at radius 1 is 1.11 bits per heavy atom. The van der Waals surface area contributed by atoms with Crippen LogP contribution in [0.2, 0.25) is 0 Å². The van der Waals surface area contributed by atoms with Crippen LogP contribution in [0.4, 0.5) is 5.69 Å². The Bertz CT molecular complexity index is 496. The van der Waals surface area contributed by atoms with Crippen LogP contribution in [0.5, 0.6) is 0 Å². The first-order valence-corrected chi connectivity index (χ1v) is 7.22. The molecule has 2 nitrogen and oxygen atoms in total. The lowest BCUT2D eigenvalue weighted by Gasteiger charge is -2.12. The van der Waals surface area contributed by atoms with Crippen molar-refractivity contribution in [1.29, 1.82) is 0 Å². The van der Waals surface area contributed by atoms with Gasteiger partial charge < -0.3 is 9.88 Å². The molecule has 0 spiro atoms.